The number of hydrogen-bond donors (Lipinski definition) is 2. The number of benzene rings is 1. The van der Waals surface area contributed by atoms with Crippen molar-refractivity contribution in [3.05, 3.63) is 41.6 Å². The van der Waals surface area contributed by atoms with E-state index >= 15 is 0 Å². The van der Waals surface area contributed by atoms with Gasteiger partial charge in [-0.25, -0.2) is 0 Å². The summed E-state index contributed by atoms with van der Waals surface area (Å²) in [6.07, 6.45) is -1.12. The van der Waals surface area contributed by atoms with Crippen LogP contribution in [0.3, 0.4) is 0 Å². The van der Waals surface area contributed by atoms with Crippen molar-refractivity contribution < 1.29 is 19.2 Å². The van der Waals surface area contributed by atoms with Crippen molar-refractivity contribution in [2.75, 3.05) is 17.8 Å². The molecule has 0 aromatic heterocycles. The van der Waals surface area contributed by atoms with Crippen LogP contribution in [-0.2, 0) is 20.8 Å². The van der Waals surface area contributed by atoms with Gasteiger partial charge in [0.2, 0.25) is 5.25 Å². The summed E-state index contributed by atoms with van der Waals surface area (Å²) in [5, 5.41) is 15.2. The van der Waals surface area contributed by atoms with E-state index in [-0.39, 0.29) is 5.75 Å². The minimum Gasteiger partial charge on any atom is -0.615 e. The number of hydrazine groups is 1. The van der Waals surface area contributed by atoms with Crippen LogP contribution in [0, 0.1) is 0 Å². The molecule has 0 bridgehead atoms. The Morgan fingerprint density at radius 1 is 1.30 bits per heavy atom. The number of carbonyl (C=O) groups excluding carboxylic acids is 2. The first-order valence-corrected chi connectivity index (χ1v) is 8.47. The Morgan fingerprint density at radius 2 is 1.96 bits per heavy atom. The number of carbonyl (C=O) groups is 2. The third-order valence-corrected chi connectivity index (χ3v) is 5.62. The van der Waals surface area contributed by atoms with Crippen LogP contribution < -0.4 is 10.3 Å². The highest BCUT2D eigenvalue weighted by molar-refractivity contribution is 7.93. The Kier molecular flexibility index (Phi) is 4.05. The maximum Gasteiger partial charge on any atom is 0.284 e. The number of nitrogens with one attached hydrogen (secondary N) is 1. The van der Waals surface area contributed by atoms with E-state index in [9.17, 15) is 19.2 Å². The number of hydrogen-bond acceptors (Lipinski definition) is 6. The zero-order chi connectivity index (χ0) is 16.7. The zero-order valence-electron chi connectivity index (χ0n) is 12.7. The van der Waals surface area contributed by atoms with Gasteiger partial charge in [-0.3, -0.25) is 24.9 Å². The largest absolute Gasteiger partial charge is 0.615 e. The van der Waals surface area contributed by atoms with Gasteiger partial charge >= 0.3 is 0 Å². The average molecular weight is 335 g/mol. The molecule has 2 aliphatic rings. The molecule has 1 aromatic rings. The minimum absolute atomic E-state index is 0.241. The third-order valence-electron chi connectivity index (χ3n) is 4.08. The molecule has 0 aliphatic carbocycles. The molecule has 7 nitrogen and oxygen atoms in total. The van der Waals surface area contributed by atoms with Crippen LogP contribution in [0.25, 0.3) is 0 Å². The van der Waals surface area contributed by atoms with Crippen LogP contribution in [-0.4, -0.2) is 50.8 Å². The Bertz CT molecular complexity index is 679. The first-order chi connectivity index (χ1) is 10.9. The molecule has 122 valence electrons. The van der Waals surface area contributed by atoms with E-state index in [1.807, 2.05) is 30.3 Å². The Hall–Kier alpha value is -2.03. The number of imide groups is 1. The van der Waals surface area contributed by atoms with Gasteiger partial charge in [-0.15, -0.1) is 0 Å². The summed E-state index contributed by atoms with van der Waals surface area (Å²) in [7, 11) is 1.76. The van der Waals surface area contributed by atoms with Gasteiger partial charge in [0.05, 0.1) is 11.3 Å². The van der Waals surface area contributed by atoms with Crippen LogP contribution in [0.1, 0.15) is 6.92 Å². The van der Waals surface area contributed by atoms with Crippen LogP contribution in [0.15, 0.2) is 41.6 Å². The number of allylic oxidation sites excluding steroid dienone is 1. The average Bonchev–Trinajstić information content (AvgIpc) is 2.71. The molecule has 3 unspecified atom stereocenters. The van der Waals surface area contributed by atoms with E-state index in [1.165, 1.54) is 0 Å². The predicted molar refractivity (Wildman–Crippen MR) is 85.3 cm³/mol. The standard InChI is InChI=1S/C15H17N3O4S/c1-9-12(13-14(20)16-11(19)8-23(13)22)15(21)18(17(9)2)10-6-4-3-5-7-10/h3-7,13,15,21H,8H2,1-2H3,(H,16,19,20). The lowest BCUT2D eigenvalue weighted by Crippen LogP contribution is -2.54. The van der Waals surface area contributed by atoms with E-state index in [1.54, 1.807) is 24.0 Å². The quantitative estimate of drug-likeness (QED) is 0.570. The van der Waals surface area contributed by atoms with Gasteiger partial charge < -0.3 is 9.66 Å². The number of para-hydroxylation sites is 1. The fourth-order valence-electron chi connectivity index (χ4n) is 2.91. The number of aliphatic hydroxyl groups is 1. The van der Waals surface area contributed by atoms with Gasteiger partial charge in [0, 0.05) is 12.7 Å². The highest BCUT2D eigenvalue weighted by Crippen LogP contribution is 2.35. The topological polar surface area (TPSA) is 95.9 Å². The van der Waals surface area contributed by atoms with E-state index < -0.39 is 34.5 Å². The van der Waals surface area contributed by atoms with Crippen molar-refractivity contribution in [2.45, 2.75) is 18.4 Å². The van der Waals surface area contributed by atoms with E-state index in [0.29, 0.717) is 11.3 Å². The summed E-state index contributed by atoms with van der Waals surface area (Å²) in [5.41, 5.74) is 1.75. The van der Waals surface area contributed by atoms with Crippen LogP contribution in [0.2, 0.25) is 0 Å². The Morgan fingerprint density at radius 3 is 2.57 bits per heavy atom. The predicted octanol–water partition coefficient (Wildman–Crippen LogP) is -0.281. The molecule has 1 fully saturated rings. The van der Waals surface area contributed by atoms with Crippen molar-refractivity contribution in [2.24, 2.45) is 0 Å². The second-order valence-electron chi connectivity index (χ2n) is 5.44. The fourth-order valence-corrected chi connectivity index (χ4v) is 4.28. The summed E-state index contributed by atoms with van der Waals surface area (Å²) in [6, 6.07) is 9.21. The molecular weight excluding hydrogens is 318 g/mol. The molecule has 23 heavy (non-hydrogen) atoms. The van der Waals surface area contributed by atoms with Gasteiger partial charge in [-0.2, -0.15) is 0 Å². The normalized spacial score (nSPS) is 28.4. The molecule has 0 saturated carbocycles. The molecule has 1 saturated heterocycles. The molecule has 0 spiro atoms. The third kappa shape index (κ3) is 2.58. The molecule has 3 rings (SSSR count). The van der Waals surface area contributed by atoms with E-state index in [2.05, 4.69) is 5.32 Å². The van der Waals surface area contributed by atoms with Crippen molar-refractivity contribution >= 4 is 28.7 Å². The van der Waals surface area contributed by atoms with Crippen molar-refractivity contribution in [3.63, 3.8) is 0 Å². The summed E-state index contributed by atoms with van der Waals surface area (Å²) in [6.45, 7) is 1.75. The van der Waals surface area contributed by atoms with Gasteiger partial charge in [-0.05, 0) is 30.2 Å². The first-order valence-electron chi connectivity index (χ1n) is 7.09. The van der Waals surface area contributed by atoms with Crippen molar-refractivity contribution in [1.29, 1.82) is 0 Å². The summed E-state index contributed by atoms with van der Waals surface area (Å²) in [4.78, 5) is 23.5. The number of rotatable bonds is 2. The molecule has 2 heterocycles. The Balaban J connectivity index is 1.96. The SMILES string of the molecule is CC1=C(C2C(=O)NC(=O)C[S+]2[O-])C(O)N(c2ccccc2)N1C. The van der Waals surface area contributed by atoms with E-state index in [0.717, 1.165) is 5.69 Å². The van der Waals surface area contributed by atoms with Gasteiger partial charge in [0.25, 0.3) is 11.8 Å². The lowest BCUT2D eigenvalue weighted by atomic mass is 10.1. The molecule has 2 amide bonds. The maximum atomic E-state index is 12.3. The van der Waals surface area contributed by atoms with Crippen LogP contribution in [0.5, 0.6) is 0 Å². The number of anilines is 1. The molecule has 8 heteroatoms. The second-order valence-corrected chi connectivity index (χ2v) is 6.96. The smallest absolute Gasteiger partial charge is 0.284 e. The molecule has 0 radical (unpaired) electrons. The summed E-state index contributed by atoms with van der Waals surface area (Å²) in [5.74, 6) is -1.42. The van der Waals surface area contributed by atoms with Gasteiger partial charge in [-0.1, -0.05) is 18.2 Å². The number of amides is 2. The number of nitrogens with zero attached hydrogens (tertiary/aromatic N) is 2. The lowest BCUT2D eigenvalue weighted by molar-refractivity contribution is -0.129. The zero-order valence-corrected chi connectivity index (χ0v) is 13.5. The van der Waals surface area contributed by atoms with Gasteiger partial charge in [0.1, 0.15) is 0 Å². The summed E-state index contributed by atoms with van der Waals surface area (Å²) >= 11 is -1.69. The molecular formula is C15H17N3O4S. The second kappa shape index (κ2) is 5.88. The highest BCUT2D eigenvalue weighted by Gasteiger charge is 2.49. The van der Waals surface area contributed by atoms with Crippen molar-refractivity contribution in [3.8, 4) is 0 Å². The number of aliphatic hydroxyl groups excluding tert-OH is 1. The maximum absolute atomic E-state index is 12.3. The highest BCUT2D eigenvalue weighted by atomic mass is 32.2. The Labute approximate surface area is 136 Å². The lowest BCUT2D eigenvalue weighted by Gasteiger charge is -2.32. The monoisotopic (exact) mass is 335 g/mol. The molecule has 2 N–H and O–H groups in total. The minimum atomic E-state index is -1.69. The van der Waals surface area contributed by atoms with E-state index in [4.69, 9.17) is 0 Å². The first kappa shape index (κ1) is 15.9. The summed E-state index contributed by atoms with van der Waals surface area (Å²) < 4.78 is 12.3. The van der Waals surface area contributed by atoms with Crippen LogP contribution >= 0.6 is 0 Å². The molecule has 2 aliphatic heterocycles. The van der Waals surface area contributed by atoms with Gasteiger partial charge in [0.15, 0.2) is 12.0 Å². The fraction of sp³-hybridized carbons (Fsp3) is 0.333. The van der Waals surface area contributed by atoms with Crippen molar-refractivity contribution in [1.82, 2.24) is 10.3 Å². The molecule has 3 atom stereocenters. The van der Waals surface area contributed by atoms with Crippen LogP contribution in [0.4, 0.5) is 5.69 Å². The molecule has 1 aromatic carbocycles.